The van der Waals surface area contributed by atoms with Gasteiger partial charge in [-0.05, 0) is 60.7 Å². The molecule has 0 fully saturated rings. The fourth-order valence-corrected chi connectivity index (χ4v) is 4.08. The second-order valence-corrected chi connectivity index (χ2v) is 8.90. The summed E-state index contributed by atoms with van der Waals surface area (Å²) in [5.74, 6) is -1.55. The van der Waals surface area contributed by atoms with E-state index in [1.54, 1.807) is 48.5 Å². The van der Waals surface area contributed by atoms with Crippen molar-refractivity contribution >= 4 is 35.5 Å². The van der Waals surface area contributed by atoms with Crippen molar-refractivity contribution in [2.75, 3.05) is 10.2 Å². The smallest absolute Gasteiger partial charge is 0.333 e. The molecule has 0 aliphatic carbocycles. The van der Waals surface area contributed by atoms with Crippen LogP contribution >= 0.6 is 0 Å². The van der Waals surface area contributed by atoms with E-state index >= 15 is 0 Å². The summed E-state index contributed by atoms with van der Waals surface area (Å²) in [5.41, 5.74) is 8.52. The lowest BCUT2D eigenvalue weighted by molar-refractivity contribution is -0.121. The number of fused-ring (bicyclic) bond motifs is 1. The van der Waals surface area contributed by atoms with Crippen molar-refractivity contribution in [3.05, 3.63) is 82.6 Å². The zero-order valence-electron chi connectivity index (χ0n) is 23.3. The lowest BCUT2D eigenvalue weighted by Crippen LogP contribution is -2.40. The van der Waals surface area contributed by atoms with E-state index in [1.165, 1.54) is 13.0 Å². The van der Waals surface area contributed by atoms with Crippen molar-refractivity contribution in [3.63, 3.8) is 0 Å². The molecule has 4 amide bonds. The van der Waals surface area contributed by atoms with Crippen molar-refractivity contribution in [3.8, 4) is 0 Å². The number of benzene rings is 2. The first-order valence-electron chi connectivity index (χ1n) is 13.3. The number of imide groups is 1. The SMILES string of the molecule is CC.CC/C=C\C(O)=C(\C(=O)NC(C=O)Cc1ccc(N2C(=O)Cc3cc(CN)ccc3NC2=O)cc1)C(C)O. The van der Waals surface area contributed by atoms with Crippen LogP contribution < -0.4 is 21.3 Å². The Bertz CT molecular complexity index is 1270. The number of hydrogen-bond acceptors (Lipinski definition) is 7. The summed E-state index contributed by atoms with van der Waals surface area (Å²) in [7, 11) is 0. The summed E-state index contributed by atoms with van der Waals surface area (Å²) >= 11 is 0. The van der Waals surface area contributed by atoms with Gasteiger partial charge in [-0.3, -0.25) is 9.59 Å². The minimum Gasteiger partial charge on any atom is -0.507 e. The Morgan fingerprint density at radius 1 is 1.15 bits per heavy atom. The average molecular weight is 551 g/mol. The Morgan fingerprint density at radius 2 is 1.80 bits per heavy atom. The number of rotatable bonds is 10. The van der Waals surface area contributed by atoms with Gasteiger partial charge >= 0.3 is 6.03 Å². The monoisotopic (exact) mass is 550 g/mol. The minimum atomic E-state index is -1.26. The van der Waals surface area contributed by atoms with E-state index in [0.717, 1.165) is 10.5 Å². The quantitative estimate of drug-likeness (QED) is 0.130. The van der Waals surface area contributed by atoms with Gasteiger partial charge in [-0.15, -0.1) is 0 Å². The van der Waals surface area contributed by atoms with Gasteiger partial charge in [-0.2, -0.15) is 0 Å². The van der Waals surface area contributed by atoms with Crippen LogP contribution in [-0.4, -0.2) is 46.5 Å². The van der Waals surface area contributed by atoms with Crippen LogP contribution in [0.4, 0.5) is 16.2 Å². The Labute approximate surface area is 234 Å². The van der Waals surface area contributed by atoms with E-state index in [9.17, 15) is 29.4 Å². The molecule has 1 heterocycles. The first-order chi connectivity index (χ1) is 19.2. The molecule has 2 atom stereocenters. The fraction of sp³-hybridized carbons (Fsp3) is 0.333. The number of aliphatic hydroxyl groups is 2. The van der Waals surface area contributed by atoms with Gasteiger partial charge in [0.05, 0.1) is 29.8 Å². The van der Waals surface area contributed by atoms with Crippen LogP contribution in [-0.2, 0) is 33.8 Å². The van der Waals surface area contributed by atoms with Gasteiger partial charge in [0.2, 0.25) is 5.91 Å². The zero-order valence-corrected chi connectivity index (χ0v) is 23.3. The van der Waals surface area contributed by atoms with Gasteiger partial charge in [0.25, 0.3) is 5.91 Å². The predicted octanol–water partition coefficient (Wildman–Crippen LogP) is 3.68. The molecule has 0 bridgehead atoms. The fourth-order valence-electron chi connectivity index (χ4n) is 4.08. The maximum atomic E-state index is 12.9. The van der Waals surface area contributed by atoms with Crippen LogP contribution in [0, 0.1) is 0 Å². The highest BCUT2D eigenvalue weighted by molar-refractivity contribution is 6.20. The molecule has 0 saturated heterocycles. The number of amides is 4. The molecule has 214 valence electrons. The lowest BCUT2D eigenvalue weighted by Gasteiger charge is -2.20. The van der Waals surface area contributed by atoms with Crippen molar-refractivity contribution in [2.45, 2.75) is 65.6 Å². The Hall–Kier alpha value is -4.28. The largest absolute Gasteiger partial charge is 0.507 e. The number of anilines is 2. The van der Waals surface area contributed by atoms with Gasteiger partial charge in [-0.25, -0.2) is 9.69 Å². The van der Waals surface area contributed by atoms with Gasteiger partial charge < -0.3 is 31.4 Å². The summed E-state index contributed by atoms with van der Waals surface area (Å²) in [5, 5.41) is 25.4. The summed E-state index contributed by atoms with van der Waals surface area (Å²) in [6, 6.07) is 10.2. The van der Waals surface area contributed by atoms with Crippen LogP contribution in [0.15, 0.2) is 65.9 Å². The van der Waals surface area contributed by atoms with E-state index in [1.807, 2.05) is 20.8 Å². The third kappa shape index (κ3) is 8.11. The molecule has 0 radical (unpaired) electrons. The van der Waals surface area contributed by atoms with E-state index in [0.29, 0.717) is 41.8 Å². The molecule has 6 N–H and O–H groups in total. The molecule has 40 heavy (non-hydrogen) atoms. The minimum absolute atomic E-state index is 0.0162. The molecule has 2 unspecified atom stereocenters. The summed E-state index contributed by atoms with van der Waals surface area (Å²) in [4.78, 5) is 51.2. The Balaban J connectivity index is 0.00000274. The number of nitrogens with one attached hydrogen (secondary N) is 2. The number of aliphatic hydroxyl groups excluding tert-OH is 2. The van der Waals surface area contributed by atoms with Crippen LogP contribution in [0.2, 0.25) is 0 Å². The van der Waals surface area contributed by atoms with Gasteiger partial charge in [0, 0.05) is 12.2 Å². The number of aldehydes is 1. The Kier molecular flexibility index (Phi) is 12.3. The number of hydrogen-bond donors (Lipinski definition) is 5. The molecule has 0 aromatic heterocycles. The van der Waals surface area contributed by atoms with Crippen molar-refractivity contribution in [1.82, 2.24) is 5.32 Å². The summed E-state index contributed by atoms with van der Waals surface area (Å²) in [6.07, 6.45) is 3.01. The topological polar surface area (TPSA) is 162 Å². The number of urea groups is 1. The van der Waals surface area contributed by atoms with E-state index < -0.39 is 30.0 Å². The van der Waals surface area contributed by atoms with E-state index in [2.05, 4.69) is 10.6 Å². The standard InChI is InChI=1S/C28H32N4O6.C2H6/c1-3-4-5-24(35)26(17(2)34)27(37)30-21(16-33)13-18-6-9-22(10-7-18)32-25(36)14-20-12-19(15-29)8-11-23(20)31-28(32)38;1-2/h4-12,16-17,21,34-35H,3,13-15,29H2,1-2H3,(H,30,37)(H,31,38);1-2H3/b5-4-,26-24-;. The molecule has 0 spiro atoms. The first kappa shape index (κ1) is 31.9. The van der Waals surface area contributed by atoms with Crippen molar-refractivity contribution < 1.29 is 29.4 Å². The molecule has 2 aromatic rings. The molecule has 1 aliphatic rings. The van der Waals surface area contributed by atoms with E-state index in [-0.39, 0.29) is 24.2 Å². The molecule has 0 saturated carbocycles. The number of carbonyl (C=O) groups is 4. The summed E-state index contributed by atoms with van der Waals surface area (Å²) < 4.78 is 0. The van der Waals surface area contributed by atoms with Gasteiger partial charge in [0.15, 0.2) is 0 Å². The highest BCUT2D eigenvalue weighted by Crippen LogP contribution is 2.26. The van der Waals surface area contributed by atoms with Gasteiger partial charge in [0.1, 0.15) is 12.0 Å². The normalized spacial score (nSPS) is 15.1. The lowest BCUT2D eigenvalue weighted by atomic mass is 10.0. The van der Waals surface area contributed by atoms with Crippen LogP contribution in [0.1, 0.15) is 50.8 Å². The maximum absolute atomic E-state index is 12.9. The van der Waals surface area contributed by atoms with E-state index in [4.69, 9.17) is 5.73 Å². The predicted molar refractivity (Wildman–Crippen MR) is 155 cm³/mol. The maximum Gasteiger partial charge on any atom is 0.333 e. The Morgan fingerprint density at radius 3 is 2.38 bits per heavy atom. The van der Waals surface area contributed by atoms with Crippen molar-refractivity contribution in [1.29, 1.82) is 0 Å². The highest BCUT2D eigenvalue weighted by atomic mass is 16.3. The molecular formula is C30H38N4O6. The molecule has 2 aromatic carbocycles. The number of allylic oxidation sites excluding steroid dienone is 2. The first-order valence-corrected chi connectivity index (χ1v) is 13.3. The second kappa shape index (κ2) is 15.3. The number of carbonyl (C=O) groups excluding carboxylic acids is 4. The van der Waals surface area contributed by atoms with Crippen LogP contribution in [0.3, 0.4) is 0 Å². The average Bonchev–Trinajstić information content (AvgIpc) is 3.06. The molecular weight excluding hydrogens is 512 g/mol. The number of nitrogens with two attached hydrogens (primary N) is 1. The molecule has 1 aliphatic heterocycles. The number of nitrogens with zero attached hydrogens (tertiary/aromatic N) is 1. The zero-order chi connectivity index (χ0) is 29.8. The molecule has 3 rings (SSSR count). The third-order valence-electron chi connectivity index (χ3n) is 6.02. The van der Waals surface area contributed by atoms with Crippen LogP contribution in [0.25, 0.3) is 0 Å². The molecule has 10 heteroatoms. The second-order valence-electron chi connectivity index (χ2n) is 8.90. The highest BCUT2D eigenvalue weighted by Gasteiger charge is 2.29. The third-order valence-corrected chi connectivity index (χ3v) is 6.02. The molecule has 10 nitrogen and oxygen atoms in total. The van der Waals surface area contributed by atoms with Crippen LogP contribution in [0.5, 0.6) is 0 Å². The summed E-state index contributed by atoms with van der Waals surface area (Å²) in [6.45, 7) is 7.51. The van der Waals surface area contributed by atoms with Crippen molar-refractivity contribution in [2.24, 2.45) is 5.73 Å². The van der Waals surface area contributed by atoms with Gasteiger partial charge in [-0.1, -0.05) is 51.1 Å².